The molecule has 2 heteroatoms. The normalized spacial score (nSPS) is 11.1. The van der Waals surface area contributed by atoms with Crippen LogP contribution in [0.3, 0.4) is 0 Å². The van der Waals surface area contributed by atoms with E-state index in [2.05, 4.69) is 103 Å². The molecule has 2 nitrogen and oxygen atoms in total. The Hall–Kier alpha value is -2.87. The third-order valence-electron chi connectivity index (χ3n) is 4.87. The SMILES string of the molecule is Cc1cccc(-c2n(-c3ccccc3)c3ccccc3[n+]2C)c1C. The Kier molecular flexibility index (Phi) is 3.46. The van der Waals surface area contributed by atoms with Crippen LogP contribution in [0, 0.1) is 13.8 Å². The van der Waals surface area contributed by atoms with Crippen LogP contribution in [0.15, 0.2) is 72.8 Å². The van der Waals surface area contributed by atoms with Gasteiger partial charge in [0.25, 0.3) is 5.82 Å². The number of fused-ring (bicyclic) bond motifs is 1. The van der Waals surface area contributed by atoms with Crippen molar-refractivity contribution < 1.29 is 4.57 Å². The summed E-state index contributed by atoms with van der Waals surface area (Å²) in [6, 6.07) is 25.7. The molecule has 0 aliphatic carbocycles. The van der Waals surface area contributed by atoms with Crippen molar-refractivity contribution in [2.45, 2.75) is 13.8 Å². The number of imidazole rings is 1. The van der Waals surface area contributed by atoms with Crippen molar-refractivity contribution in [3.63, 3.8) is 0 Å². The first-order chi connectivity index (χ1) is 11.7. The van der Waals surface area contributed by atoms with E-state index in [1.807, 2.05) is 0 Å². The number of rotatable bonds is 2. The van der Waals surface area contributed by atoms with Crippen LogP contribution in [0.5, 0.6) is 0 Å². The highest BCUT2D eigenvalue weighted by molar-refractivity contribution is 5.79. The van der Waals surface area contributed by atoms with Crippen molar-refractivity contribution in [2.75, 3.05) is 0 Å². The van der Waals surface area contributed by atoms with Gasteiger partial charge in [-0.1, -0.05) is 42.5 Å². The maximum absolute atomic E-state index is 2.36. The number of hydrogen-bond donors (Lipinski definition) is 0. The minimum absolute atomic E-state index is 1.19. The van der Waals surface area contributed by atoms with Crippen molar-refractivity contribution in [1.82, 2.24) is 4.57 Å². The molecule has 24 heavy (non-hydrogen) atoms. The monoisotopic (exact) mass is 313 g/mol. The molecule has 0 fully saturated rings. The second-order valence-electron chi connectivity index (χ2n) is 6.29. The number of aryl methyl sites for hydroxylation is 2. The summed E-state index contributed by atoms with van der Waals surface area (Å²) in [4.78, 5) is 0. The highest BCUT2D eigenvalue weighted by Crippen LogP contribution is 2.29. The van der Waals surface area contributed by atoms with E-state index in [4.69, 9.17) is 0 Å². The van der Waals surface area contributed by atoms with Crippen LogP contribution in [0.25, 0.3) is 28.1 Å². The van der Waals surface area contributed by atoms with Gasteiger partial charge in [0.2, 0.25) is 0 Å². The molecule has 0 amide bonds. The standard InChI is InChI=1S/C22H21N2/c1-16-10-9-13-19(17(16)2)22-23(3)20-14-7-8-15-21(20)24(22)18-11-5-4-6-12-18/h4-15H,1-3H3/q+1. The van der Waals surface area contributed by atoms with E-state index >= 15 is 0 Å². The second kappa shape index (κ2) is 5.64. The Morgan fingerprint density at radius 1 is 0.750 bits per heavy atom. The summed E-state index contributed by atoms with van der Waals surface area (Å²) in [5.74, 6) is 1.21. The van der Waals surface area contributed by atoms with Crippen molar-refractivity contribution >= 4 is 11.0 Å². The van der Waals surface area contributed by atoms with Crippen molar-refractivity contribution in [3.8, 4) is 17.1 Å². The molecular weight excluding hydrogens is 292 g/mol. The number of nitrogens with zero attached hydrogens (tertiary/aromatic N) is 2. The van der Waals surface area contributed by atoms with E-state index in [9.17, 15) is 0 Å². The fourth-order valence-electron chi connectivity index (χ4n) is 3.45. The molecule has 0 N–H and O–H groups in total. The molecule has 4 aromatic rings. The first kappa shape index (κ1) is 14.7. The lowest BCUT2D eigenvalue weighted by atomic mass is 10.0. The van der Waals surface area contributed by atoms with Gasteiger partial charge in [-0.05, 0) is 55.3 Å². The van der Waals surface area contributed by atoms with Gasteiger partial charge in [0.15, 0.2) is 11.0 Å². The quantitative estimate of drug-likeness (QED) is 0.473. The largest absolute Gasteiger partial charge is 0.295 e. The fourth-order valence-corrected chi connectivity index (χ4v) is 3.45. The zero-order valence-corrected chi connectivity index (χ0v) is 14.3. The van der Waals surface area contributed by atoms with Gasteiger partial charge in [-0.25, -0.2) is 4.57 Å². The van der Waals surface area contributed by atoms with Crippen LogP contribution in [-0.4, -0.2) is 4.57 Å². The van der Waals surface area contributed by atoms with Crippen LogP contribution in [-0.2, 0) is 7.05 Å². The van der Waals surface area contributed by atoms with Gasteiger partial charge in [0.1, 0.15) is 5.69 Å². The Morgan fingerprint density at radius 3 is 2.25 bits per heavy atom. The molecule has 4 rings (SSSR count). The van der Waals surface area contributed by atoms with Crippen LogP contribution >= 0.6 is 0 Å². The van der Waals surface area contributed by atoms with Gasteiger partial charge in [-0.2, -0.15) is 4.57 Å². The smallest absolute Gasteiger partial charge is 0.225 e. The van der Waals surface area contributed by atoms with E-state index in [1.54, 1.807) is 0 Å². The molecule has 0 aliphatic rings. The molecule has 1 heterocycles. The van der Waals surface area contributed by atoms with E-state index in [-0.39, 0.29) is 0 Å². The maximum Gasteiger partial charge on any atom is 0.295 e. The van der Waals surface area contributed by atoms with Gasteiger partial charge in [-0.3, -0.25) is 0 Å². The van der Waals surface area contributed by atoms with Gasteiger partial charge in [0, 0.05) is 0 Å². The molecule has 0 saturated carbocycles. The van der Waals surface area contributed by atoms with Crippen LogP contribution < -0.4 is 4.57 Å². The summed E-state index contributed by atoms with van der Waals surface area (Å²) in [7, 11) is 2.15. The lowest BCUT2D eigenvalue weighted by Crippen LogP contribution is -2.30. The third kappa shape index (κ3) is 2.15. The minimum Gasteiger partial charge on any atom is -0.225 e. The van der Waals surface area contributed by atoms with E-state index in [0.717, 1.165) is 0 Å². The highest BCUT2D eigenvalue weighted by atomic mass is 15.2. The first-order valence-corrected chi connectivity index (χ1v) is 8.30. The van der Waals surface area contributed by atoms with E-state index in [0.29, 0.717) is 0 Å². The zero-order chi connectivity index (χ0) is 16.7. The summed E-state index contributed by atoms with van der Waals surface area (Å²) >= 11 is 0. The molecule has 1 aromatic heterocycles. The van der Waals surface area contributed by atoms with Gasteiger partial charge >= 0.3 is 0 Å². The third-order valence-corrected chi connectivity index (χ3v) is 4.87. The van der Waals surface area contributed by atoms with Crippen LogP contribution in [0.4, 0.5) is 0 Å². The molecule has 0 atom stereocenters. The summed E-state index contributed by atoms with van der Waals surface area (Å²) in [5.41, 5.74) is 7.56. The fraction of sp³-hybridized carbons (Fsp3) is 0.136. The van der Waals surface area contributed by atoms with Crippen molar-refractivity contribution in [2.24, 2.45) is 7.05 Å². The molecule has 3 aromatic carbocycles. The topological polar surface area (TPSA) is 8.81 Å². The molecule has 118 valence electrons. The molecule has 0 unspecified atom stereocenters. The predicted molar refractivity (Wildman–Crippen MR) is 99.4 cm³/mol. The Morgan fingerprint density at radius 2 is 1.46 bits per heavy atom. The molecule has 0 spiro atoms. The molecule has 0 aliphatic heterocycles. The summed E-state index contributed by atoms with van der Waals surface area (Å²) in [5, 5.41) is 0. The van der Waals surface area contributed by atoms with Crippen molar-refractivity contribution in [3.05, 3.63) is 83.9 Å². The Labute approximate surface area is 142 Å². The van der Waals surface area contributed by atoms with Crippen LogP contribution in [0.2, 0.25) is 0 Å². The molecular formula is C22H21N2+. The summed E-state index contributed by atoms with van der Waals surface area (Å²) in [6.07, 6.45) is 0. The highest BCUT2D eigenvalue weighted by Gasteiger charge is 2.26. The first-order valence-electron chi connectivity index (χ1n) is 8.30. The summed E-state index contributed by atoms with van der Waals surface area (Å²) in [6.45, 7) is 4.38. The second-order valence-corrected chi connectivity index (χ2v) is 6.29. The Bertz CT molecular complexity index is 1030. The average molecular weight is 313 g/mol. The minimum atomic E-state index is 1.19. The van der Waals surface area contributed by atoms with E-state index < -0.39 is 0 Å². The number of hydrogen-bond acceptors (Lipinski definition) is 0. The number of aromatic nitrogens is 2. The Balaban J connectivity index is 2.16. The maximum atomic E-state index is 2.36. The number of para-hydroxylation sites is 3. The average Bonchev–Trinajstić information content (AvgIpc) is 2.91. The molecule has 0 bridgehead atoms. The lowest BCUT2D eigenvalue weighted by molar-refractivity contribution is -0.633. The van der Waals surface area contributed by atoms with E-state index in [1.165, 1.54) is 39.2 Å². The molecule has 0 saturated heterocycles. The number of benzene rings is 3. The van der Waals surface area contributed by atoms with Crippen LogP contribution in [0.1, 0.15) is 11.1 Å². The van der Waals surface area contributed by atoms with Crippen molar-refractivity contribution in [1.29, 1.82) is 0 Å². The summed E-state index contributed by atoms with van der Waals surface area (Å²) < 4.78 is 4.65. The van der Waals surface area contributed by atoms with Gasteiger partial charge < -0.3 is 0 Å². The lowest BCUT2D eigenvalue weighted by Gasteiger charge is -2.08. The van der Waals surface area contributed by atoms with Gasteiger partial charge in [-0.15, -0.1) is 0 Å². The zero-order valence-electron chi connectivity index (χ0n) is 14.3. The van der Waals surface area contributed by atoms with Gasteiger partial charge in [0.05, 0.1) is 12.6 Å². The molecule has 0 radical (unpaired) electrons. The predicted octanol–water partition coefficient (Wildman–Crippen LogP) is 4.74.